The van der Waals surface area contributed by atoms with E-state index in [0.717, 1.165) is 10.0 Å². The van der Waals surface area contributed by atoms with Crippen LogP contribution in [-0.4, -0.2) is 36.3 Å². The van der Waals surface area contributed by atoms with Gasteiger partial charge in [-0.15, -0.1) is 0 Å². The molecule has 8 heteroatoms. The summed E-state index contributed by atoms with van der Waals surface area (Å²) in [5, 5.41) is 6.26. The SMILES string of the molecule is CCN(CC(=O)Nc1ccc(C)cc1Br)CC(=O)Nc1c(Cl)cccc1Cl. The highest BCUT2D eigenvalue weighted by Gasteiger charge is 2.16. The molecule has 2 aromatic carbocycles. The van der Waals surface area contributed by atoms with Crippen LogP contribution < -0.4 is 10.6 Å². The number of hydrogen-bond donors (Lipinski definition) is 2. The topological polar surface area (TPSA) is 61.4 Å². The number of anilines is 2. The number of benzene rings is 2. The number of hydrogen-bond acceptors (Lipinski definition) is 3. The minimum atomic E-state index is -0.295. The molecule has 2 rings (SSSR count). The van der Waals surface area contributed by atoms with Crippen LogP contribution in [0.4, 0.5) is 11.4 Å². The Balaban J connectivity index is 1.94. The van der Waals surface area contributed by atoms with Crippen molar-refractivity contribution in [1.29, 1.82) is 0 Å². The van der Waals surface area contributed by atoms with E-state index in [1.54, 1.807) is 23.1 Å². The molecule has 0 aliphatic heterocycles. The smallest absolute Gasteiger partial charge is 0.238 e. The van der Waals surface area contributed by atoms with Crippen LogP contribution in [0.1, 0.15) is 12.5 Å². The van der Waals surface area contributed by atoms with Gasteiger partial charge in [-0.05, 0) is 59.2 Å². The molecular weight excluding hydrogens is 453 g/mol. The Hall–Kier alpha value is -1.60. The molecule has 2 amide bonds. The standard InChI is InChI=1S/C19H20BrCl2N3O2/c1-3-25(10-17(26)23-16-8-7-12(2)9-13(16)20)11-18(27)24-19-14(21)5-4-6-15(19)22/h4-9H,3,10-11H2,1-2H3,(H,23,26)(H,24,27). The van der Waals surface area contributed by atoms with Crippen molar-refractivity contribution in [3.63, 3.8) is 0 Å². The highest BCUT2D eigenvalue weighted by Crippen LogP contribution is 2.29. The van der Waals surface area contributed by atoms with Gasteiger partial charge in [0.1, 0.15) is 0 Å². The molecule has 0 heterocycles. The maximum Gasteiger partial charge on any atom is 0.238 e. The molecule has 0 bridgehead atoms. The second kappa shape index (κ2) is 10.1. The Morgan fingerprint density at radius 1 is 1.04 bits per heavy atom. The highest BCUT2D eigenvalue weighted by atomic mass is 79.9. The van der Waals surface area contributed by atoms with Crippen molar-refractivity contribution in [2.24, 2.45) is 0 Å². The molecule has 2 N–H and O–H groups in total. The zero-order chi connectivity index (χ0) is 20.0. The third kappa shape index (κ3) is 6.50. The zero-order valence-electron chi connectivity index (χ0n) is 15.0. The molecule has 5 nitrogen and oxygen atoms in total. The first-order valence-corrected chi connectivity index (χ1v) is 9.87. The van der Waals surface area contributed by atoms with Gasteiger partial charge in [0.05, 0.1) is 34.5 Å². The lowest BCUT2D eigenvalue weighted by atomic mass is 10.2. The summed E-state index contributed by atoms with van der Waals surface area (Å²) in [5.74, 6) is -0.499. The number of nitrogens with zero attached hydrogens (tertiary/aromatic N) is 1. The summed E-state index contributed by atoms with van der Waals surface area (Å²) in [6, 6.07) is 10.7. The fourth-order valence-corrected chi connectivity index (χ4v) is 3.48. The van der Waals surface area contributed by atoms with Crippen molar-refractivity contribution >= 4 is 62.3 Å². The Labute approximate surface area is 177 Å². The van der Waals surface area contributed by atoms with Crippen LogP contribution in [0.15, 0.2) is 40.9 Å². The van der Waals surface area contributed by atoms with E-state index in [4.69, 9.17) is 23.2 Å². The number of carbonyl (C=O) groups excluding carboxylic acids is 2. The lowest BCUT2D eigenvalue weighted by molar-refractivity contribution is -0.119. The highest BCUT2D eigenvalue weighted by molar-refractivity contribution is 9.10. The molecular formula is C19H20BrCl2N3O2. The van der Waals surface area contributed by atoms with E-state index >= 15 is 0 Å². The number of carbonyl (C=O) groups is 2. The fourth-order valence-electron chi connectivity index (χ4n) is 2.39. The molecule has 144 valence electrons. The van der Waals surface area contributed by atoms with E-state index in [9.17, 15) is 9.59 Å². The van der Waals surface area contributed by atoms with Gasteiger partial charge in [0.15, 0.2) is 0 Å². The molecule has 2 aromatic rings. The molecule has 27 heavy (non-hydrogen) atoms. The first-order valence-electron chi connectivity index (χ1n) is 8.32. The zero-order valence-corrected chi connectivity index (χ0v) is 18.1. The number of halogens is 3. The molecule has 0 fully saturated rings. The predicted molar refractivity (Wildman–Crippen MR) is 115 cm³/mol. The van der Waals surface area contributed by atoms with E-state index in [1.165, 1.54) is 0 Å². The third-order valence-electron chi connectivity index (χ3n) is 3.81. The first kappa shape index (κ1) is 21.7. The minimum absolute atomic E-state index is 0.0422. The number of likely N-dealkylation sites (N-methyl/N-ethyl adjacent to an activating group) is 1. The van der Waals surface area contributed by atoms with Crippen molar-refractivity contribution in [2.75, 3.05) is 30.3 Å². The summed E-state index contributed by atoms with van der Waals surface area (Å²) in [5.41, 5.74) is 2.15. The number of para-hydroxylation sites is 1. The quantitative estimate of drug-likeness (QED) is 0.598. The van der Waals surface area contributed by atoms with Gasteiger partial charge in [-0.3, -0.25) is 14.5 Å². The normalized spacial score (nSPS) is 10.7. The summed E-state index contributed by atoms with van der Waals surface area (Å²) in [7, 11) is 0. The average Bonchev–Trinajstić information content (AvgIpc) is 2.60. The second-order valence-corrected chi connectivity index (χ2v) is 7.65. The molecule has 0 saturated carbocycles. The van der Waals surface area contributed by atoms with Crippen LogP contribution in [0.5, 0.6) is 0 Å². The average molecular weight is 473 g/mol. The lowest BCUT2D eigenvalue weighted by Gasteiger charge is -2.20. The summed E-state index contributed by atoms with van der Waals surface area (Å²) >= 11 is 15.6. The van der Waals surface area contributed by atoms with Gasteiger partial charge in [0.25, 0.3) is 0 Å². The molecule has 0 aliphatic carbocycles. The lowest BCUT2D eigenvalue weighted by Crippen LogP contribution is -2.38. The van der Waals surface area contributed by atoms with Gasteiger partial charge < -0.3 is 10.6 Å². The van der Waals surface area contributed by atoms with Crippen molar-refractivity contribution in [3.8, 4) is 0 Å². The fraction of sp³-hybridized carbons (Fsp3) is 0.263. The molecule has 0 atom stereocenters. The van der Waals surface area contributed by atoms with Crippen LogP contribution in [0, 0.1) is 6.92 Å². The third-order valence-corrected chi connectivity index (χ3v) is 5.09. The summed E-state index contributed by atoms with van der Waals surface area (Å²) in [6.45, 7) is 4.51. The molecule has 0 radical (unpaired) electrons. The van der Waals surface area contributed by atoms with E-state index in [2.05, 4.69) is 26.6 Å². The number of rotatable bonds is 7. The minimum Gasteiger partial charge on any atom is -0.324 e. The van der Waals surface area contributed by atoms with Crippen molar-refractivity contribution in [3.05, 3.63) is 56.5 Å². The Kier molecular flexibility index (Phi) is 8.10. The van der Waals surface area contributed by atoms with Crippen molar-refractivity contribution < 1.29 is 9.59 Å². The van der Waals surface area contributed by atoms with Crippen molar-refractivity contribution in [2.45, 2.75) is 13.8 Å². The Morgan fingerprint density at radius 2 is 1.63 bits per heavy atom. The number of nitrogens with one attached hydrogen (secondary N) is 2. The van der Waals surface area contributed by atoms with Gasteiger partial charge in [-0.2, -0.15) is 0 Å². The maximum absolute atomic E-state index is 12.3. The van der Waals surface area contributed by atoms with Crippen LogP contribution in [0.25, 0.3) is 0 Å². The van der Waals surface area contributed by atoms with Crippen LogP contribution in [-0.2, 0) is 9.59 Å². The van der Waals surface area contributed by atoms with Crippen LogP contribution >= 0.6 is 39.1 Å². The van der Waals surface area contributed by atoms with Gasteiger partial charge in [-0.25, -0.2) is 0 Å². The largest absolute Gasteiger partial charge is 0.324 e. The predicted octanol–water partition coefficient (Wildman–Crippen LogP) is 4.96. The molecule has 0 saturated heterocycles. The molecule has 0 unspecified atom stereocenters. The molecule has 0 aliphatic rings. The van der Waals surface area contributed by atoms with Crippen molar-refractivity contribution in [1.82, 2.24) is 4.90 Å². The van der Waals surface area contributed by atoms with E-state index < -0.39 is 0 Å². The van der Waals surface area contributed by atoms with Crippen LogP contribution in [0.2, 0.25) is 10.0 Å². The first-order chi connectivity index (χ1) is 12.8. The number of amides is 2. The van der Waals surface area contributed by atoms with E-state index in [-0.39, 0.29) is 24.9 Å². The van der Waals surface area contributed by atoms with E-state index in [1.807, 2.05) is 32.0 Å². The van der Waals surface area contributed by atoms with Gasteiger partial charge >= 0.3 is 0 Å². The monoisotopic (exact) mass is 471 g/mol. The Bertz CT molecular complexity index is 825. The number of aryl methyl sites for hydroxylation is 1. The summed E-state index contributed by atoms with van der Waals surface area (Å²) in [6.07, 6.45) is 0. The Morgan fingerprint density at radius 3 is 2.19 bits per heavy atom. The summed E-state index contributed by atoms with van der Waals surface area (Å²) in [4.78, 5) is 26.3. The van der Waals surface area contributed by atoms with Crippen LogP contribution in [0.3, 0.4) is 0 Å². The second-order valence-electron chi connectivity index (χ2n) is 5.98. The molecule has 0 spiro atoms. The molecule has 0 aromatic heterocycles. The summed E-state index contributed by atoms with van der Waals surface area (Å²) < 4.78 is 0.810. The van der Waals surface area contributed by atoms with Gasteiger partial charge in [-0.1, -0.05) is 42.3 Å². The van der Waals surface area contributed by atoms with E-state index in [0.29, 0.717) is 28.0 Å². The van der Waals surface area contributed by atoms with Gasteiger partial charge in [0, 0.05) is 4.47 Å². The van der Waals surface area contributed by atoms with Gasteiger partial charge in [0.2, 0.25) is 11.8 Å². The maximum atomic E-state index is 12.3.